The van der Waals surface area contributed by atoms with Crippen LogP contribution >= 0.6 is 46.3 Å². The Morgan fingerprint density at radius 3 is 2.53 bits per heavy atom. The largest absolute Gasteiger partial charge is 0.342 e. The van der Waals surface area contributed by atoms with E-state index in [2.05, 4.69) is 25.8 Å². The molecule has 2 aromatic heterocycles. The van der Waals surface area contributed by atoms with E-state index >= 15 is 0 Å². The van der Waals surface area contributed by atoms with Gasteiger partial charge in [0.05, 0.1) is 28.1 Å². The van der Waals surface area contributed by atoms with Gasteiger partial charge < -0.3 is 15.2 Å². The molecule has 0 bridgehead atoms. The van der Waals surface area contributed by atoms with Gasteiger partial charge in [-0.15, -0.1) is 21.5 Å². The quantitative estimate of drug-likeness (QED) is 0.219. The topological polar surface area (TPSA) is 102 Å². The normalized spacial score (nSPS) is 12.0. The number of benzene rings is 2. The Labute approximate surface area is 239 Å². The predicted octanol–water partition coefficient (Wildman–Crippen LogP) is 6.41. The number of thioether (sulfide) groups is 1. The number of rotatable bonds is 9. The van der Waals surface area contributed by atoms with Crippen LogP contribution in [0.15, 0.2) is 53.7 Å². The second-order valence-electron chi connectivity index (χ2n) is 8.85. The van der Waals surface area contributed by atoms with Crippen LogP contribution in [-0.4, -0.2) is 37.3 Å². The van der Waals surface area contributed by atoms with Crippen molar-refractivity contribution in [3.05, 3.63) is 74.8 Å². The van der Waals surface area contributed by atoms with Crippen molar-refractivity contribution in [2.24, 2.45) is 13.0 Å². The number of carbonyl (C=O) groups excluding carboxylic acids is 2. The number of thiazole rings is 1. The van der Waals surface area contributed by atoms with Crippen molar-refractivity contribution in [2.45, 2.75) is 32.0 Å². The zero-order chi connectivity index (χ0) is 27.4. The molecule has 0 aliphatic heterocycles. The number of aryl methyl sites for hydroxylation is 1. The Hall–Kier alpha value is -2.92. The molecule has 0 fully saturated rings. The second-order valence-corrected chi connectivity index (χ2v) is 11.8. The van der Waals surface area contributed by atoms with Crippen LogP contribution in [0, 0.1) is 12.8 Å². The molecule has 198 valence electrons. The summed E-state index contributed by atoms with van der Waals surface area (Å²) in [6.07, 6.45) is 0. The van der Waals surface area contributed by atoms with Crippen LogP contribution in [0.3, 0.4) is 0 Å². The van der Waals surface area contributed by atoms with Gasteiger partial charge in [-0.1, -0.05) is 79.1 Å². The molecular weight excluding hydrogens is 563 g/mol. The van der Waals surface area contributed by atoms with Crippen LogP contribution in [0.4, 0.5) is 5.13 Å². The Morgan fingerprint density at radius 1 is 1.11 bits per heavy atom. The van der Waals surface area contributed by atoms with Crippen LogP contribution in [0.5, 0.6) is 0 Å². The van der Waals surface area contributed by atoms with Crippen molar-refractivity contribution in [3.63, 3.8) is 0 Å². The van der Waals surface area contributed by atoms with E-state index in [4.69, 9.17) is 23.2 Å². The fraction of sp³-hybridized carbons (Fsp3) is 0.269. The highest BCUT2D eigenvalue weighted by molar-refractivity contribution is 7.99. The Morgan fingerprint density at radius 2 is 1.84 bits per heavy atom. The molecule has 0 spiro atoms. The maximum absolute atomic E-state index is 12.9. The SMILES string of the molecule is Cc1sc(NC(=O)CSc2nnc([C@H](NC(=O)c3ccc(Cl)cc3Cl)C(C)C)n2C)nc1-c1ccccc1. The van der Waals surface area contributed by atoms with Crippen LogP contribution in [-0.2, 0) is 11.8 Å². The third kappa shape index (κ3) is 6.55. The molecule has 4 rings (SSSR count). The first-order valence-electron chi connectivity index (χ1n) is 11.7. The fourth-order valence-electron chi connectivity index (χ4n) is 3.74. The van der Waals surface area contributed by atoms with Crippen molar-refractivity contribution in [2.75, 3.05) is 11.1 Å². The maximum atomic E-state index is 12.9. The summed E-state index contributed by atoms with van der Waals surface area (Å²) in [5.41, 5.74) is 2.19. The first kappa shape index (κ1) is 28.1. The van der Waals surface area contributed by atoms with Gasteiger partial charge >= 0.3 is 0 Å². The van der Waals surface area contributed by atoms with Gasteiger partial charge in [0.2, 0.25) is 5.91 Å². The van der Waals surface area contributed by atoms with Crippen molar-refractivity contribution < 1.29 is 9.59 Å². The smallest absolute Gasteiger partial charge is 0.253 e. The molecule has 0 saturated carbocycles. The van der Waals surface area contributed by atoms with Crippen LogP contribution in [0.25, 0.3) is 11.3 Å². The standard InChI is InChI=1S/C26H26Cl2N6O2S2/c1-14(2)21(30-24(36)18-11-10-17(27)12-19(18)28)23-32-33-26(34(23)4)37-13-20(35)29-25-31-22(15(3)38-25)16-8-6-5-7-9-16/h5-12,14,21H,13H2,1-4H3,(H,30,36)(H,29,31,35)/t21-/m1/s1. The zero-order valence-corrected chi connectivity index (χ0v) is 24.3. The van der Waals surface area contributed by atoms with E-state index in [1.807, 2.05) is 58.2 Å². The number of aromatic nitrogens is 4. The lowest BCUT2D eigenvalue weighted by atomic mass is 10.0. The molecule has 38 heavy (non-hydrogen) atoms. The molecule has 0 unspecified atom stereocenters. The average Bonchev–Trinajstić information content (AvgIpc) is 3.42. The molecule has 8 nitrogen and oxygen atoms in total. The van der Waals surface area contributed by atoms with Gasteiger partial charge in [0.1, 0.15) is 0 Å². The number of hydrogen-bond acceptors (Lipinski definition) is 7. The Bertz CT molecular complexity index is 1460. The molecular formula is C26H26Cl2N6O2S2. The van der Waals surface area contributed by atoms with Gasteiger partial charge in [0, 0.05) is 22.5 Å². The van der Waals surface area contributed by atoms with Crippen molar-refractivity contribution >= 4 is 63.2 Å². The molecule has 0 saturated heterocycles. The van der Waals surface area contributed by atoms with Gasteiger partial charge in [-0.3, -0.25) is 9.59 Å². The lowest BCUT2D eigenvalue weighted by molar-refractivity contribution is -0.113. The Kier molecular flexibility index (Phi) is 9.09. The second kappa shape index (κ2) is 12.3. The molecule has 12 heteroatoms. The zero-order valence-electron chi connectivity index (χ0n) is 21.2. The summed E-state index contributed by atoms with van der Waals surface area (Å²) >= 11 is 14.9. The van der Waals surface area contributed by atoms with Gasteiger partial charge in [-0.25, -0.2) is 4.98 Å². The molecule has 0 aliphatic carbocycles. The summed E-state index contributed by atoms with van der Waals surface area (Å²) in [7, 11) is 1.81. The Balaban J connectivity index is 1.40. The average molecular weight is 590 g/mol. The lowest BCUT2D eigenvalue weighted by Crippen LogP contribution is -2.33. The fourth-order valence-corrected chi connectivity index (χ4v) is 5.81. The number of hydrogen-bond donors (Lipinski definition) is 2. The highest BCUT2D eigenvalue weighted by Crippen LogP contribution is 2.31. The minimum atomic E-state index is -0.426. The highest BCUT2D eigenvalue weighted by atomic mass is 35.5. The summed E-state index contributed by atoms with van der Waals surface area (Å²) in [6, 6.07) is 14.2. The lowest BCUT2D eigenvalue weighted by Gasteiger charge is -2.22. The predicted molar refractivity (Wildman–Crippen MR) is 154 cm³/mol. The maximum Gasteiger partial charge on any atom is 0.253 e. The summed E-state index contributed by atoms with van der Waals surface area (Å²) < 4.78 is 1.79. The number of halogens is 2. The minimum Gasteiger partial charge on any atom is -0.342 e. The monoisotopic (exact) mass is 588 g/mol. The molecule has 2 aromatic carbocycles. The van der Waals surface area contributed by atoms with Gasteiger partial charge in [-0.2, -0.15) is 0 Å². The number of carbonyl (C=O) groups is 2. The van der Waals surface area contributed by atoms with Crippen molar-refractivity contribution in [1.82, 2.24) is 25.1 Å². The molecule has 2 N–H and O–H groups in total. The molecule has 2 amide bonds. The van der Waals surface area contributed by atoms with Crippen LogP contribution in [0.2, 0.25) is 10.0 Å². The number of nitrogens with zero attached hydrogens (tertiary/aromatic N) is 4. The first-order valence-corrected chi connectivity index (χ1v) is 14.3. The van der Waals surface area contributed by atoms with E-state index in [-0.39, 0.29) is 28.5 Å². The molecule has 0 radical (unpaired) electrons. The summed E-state index contributed by atoms with van der Waals surface area (Å²) in [5, 5.41) is 16.3. The van der Waals surface area contributed by atoms with Crippen LogP contribution in [0.1, 0.15) is 40.9 Å². The highest BCUT2D eigenvalue weighted by Gasteiger charge is 2.26. The molecule has 2 heterocycles. The third-order valence-corrected chi connectivity index (χ3v) is 8.15. The van der Waals surface area contributed by atoms with Crippen molar-refractivity contribution in [1.29, 1.82) is 0 Å². The summed E-state index contributed by atoms with van der Waals surface area (Å²) in [5.74, 6) is 0.185. The number of amides is 2. The minimum absolute atomic E-state index is 0.0148. The van der Waals surface area contributed by atoms with E-state index < -0.39 is 6.04 Å². The van der Waals surface area contributed by atoms with E-state index in [1.165, 1.54) is 29.2 Å². The van der Waals surface area contributed by atoms with Crippen LogP contribution < -0.4 is 10.6 Å². The number of anilines is 1. The summed E-state index contributed by atoms with van der Waals surface area (Å²) in [4.78, 5) is 31.2. The van der Waals surface area contributed by atoms with Gasteiger partial charge in [0.25, 0.3) is 5.91 Å². The number of nitrogens with one attached hydrogen (secondary N) is 2. The molecule has 0 aliphatic rings. The van der Waals surface area contributed by atoms with E-state index in [1.54, 1.807) is 16.7 Å². The first-order chi connectivity index (χ1) is 18.1. The third-order valence-electron chi connectivity index (χ3n) is 5.70. The van der Waals surface area contributed by atoms with Crippen molar-refractivity contribution in [3.8, 4) is 11.3 Å². The van der Waals surface area contributed by atoms with E-state index in [0.717, 1.165) is 16.1 Å². The van der Waals surface area contributed by atoms with E-state index in [9.17, 15) is 9.59 Å². The molecule has 4 aromatic rings. The van der Waals surface area contributed by atoms with Gasteiger partial charge in [0.15, 0.2) is 16.1 Å². The molecule has 1 atom stereocenters. The van der Waals surface area contributed by atoms with Gasteiger partial charge in [-0.05, 0) is 31.0 Å². The van der Waals surface area contributed by atoms with E-state index in [0.29, 0.717) is 26.7 Å². The summed E-state index contributed by atoms with van der Waals surface area (Å²) in [6.45, 7) is 5.93.